The molecule has 1 amide bonds. The summed E-state index contributed by atoms with van der Waals surface area (Å²) in [4.78, 5) is 23.7. The molecule has 0 radical (unpaired) electrons. The van der Waals surface area contributed by atoms with Gasteiger partial charge in [0, 0.05) is 42.8 Å². The number of carbonyl (C=O) groups excluding carboxylic acids is 1. The van der Waals surface area contributed by atoms with E-state index >= 15 is 0 Å². The van der Waals surface area contributed by atoms with Crippen molar-refractivity contribution in [2.45, 2.75) is 80.4 Å². The normalized spacial score (nSPS) is 14.3. The van der Waals surface area contributed by atoms with Crippen LogP contribution in [0.25, 0.3) is 0 Å². The molecule has 0 bridgehead atoms. The van der Waals surface area contributed by atoms with E-state index in [0.29, 0.717) is 30.6 Å². The minimum atomic E-state index is -4.77. The molecule has 1 heterocycles. The van der Waals surface area contributed by atoms with Gasteiger partial charge in [-0.2, -0.15) is 13.2 Å². The molecule has 2 aromatic carbocycles. The molecular weight excluding hydrogens is 586 g/mol. The molecule has 0 spiro atoms. The van der Waals surface area contributed by atoms with Crippen molar-refractivity contribution in [3.05, 3.63) is 82.5 Å². The molecule has 0 aliphatic carbocycles. The largest absolute Gasteiger partial charge is 0.419 e. The molecule has 0 atom stereocenters. The van der Waals surface area contributed by atoms with Crippen LogP contribution >= 0.6 is 0 Å². The van der Waals surface area contributed by atoms with Crippen molar-refractivity contribution in [2.75, 3.05) is 18.4 Å². The predicted molar refractivity (Wildman–Crippen MR) is 173 cm³/mol. The highest BCUT2D eigenvalue weighted by atomic mass is 19.4. The lowest BCUT2D eigenvalue weighted by Gasteiger charge is -2.31. The van der Waals surface area contributed by atoms with E-state index in [0.717, 1.165) is 27.8 Å². The van der Waals surface area contributed by atoms with E-state index in [-0.39, 0.29) is 36.3 Å². The Morgan fingerprint density at radius 3 is 2.40 bits per heavy atom. The van der Waals surface area contributed by atoms with Gasteiger partial charge in [0.15, 0.2) is 0 Å². The average Bonchev–Trinajstić information content (AvgIpc) is 2.99. The van der Waals surface area contributed by atoms with Crippen molar-refractivity contribution >= 4 is 29.3 Å². The molecule has 1 aliphatic heterocycles. The summed E-state index contributed by atoms with van der Waals surface area (Å²) in [5.74, 6) is -1.48. The predicted octanol–water partition coefficient (Wildman–Crippen LogP) is 8.92. The first-order valence-electron chi connectivity index (χ1n) is 15.2. The highest BCUT2D eigenvalue weighted by Gasteiger charge is 2.34. The summed E-state index contributed by atoms with van der Waals surface area (Å²) in [7, 11) is 0. The van der Waals surface area contributed by atoms with E-state index in [4.69, 9.17) is 0 Å². The SMILES string of the molecule is CC=N/C=C(\C)CN(O)C(=N/C(=C\C)C(=O)N1CCc2c(cccc2Nc2ccc(C(F)(F)F)c(F)c2)C1)C(C)C.CCCC. The van der Waals surface area contributed by atoms with E-state index < -0.39 is 17.6 Å². The van der Waals surface area contributed by atoms with Crippen LogP contribution in [-0.2, 0) is 23.9 Å². The van der Waals surface area contributed by atoms with Gasteiger partial charge in [-0.25, -0.2) is 14.4 Å². The van der Waals surface area contributed by atoms with Crippen LogP contribution in [0.15, 0.2) is 69.9 Å². The lowest BCUT2D eigenvalue weighted by molar-refractivity contribution is -0.140. The Morgan fingerprint density at radius 2 is 1.84 bits per heavy atom. The average molecular weight is 632 g/mol. The van der Waals surface area contributed by atoms with Crippen LogP contribution < -0.4 is 5.32 Å². The van der Waals surface area contributed by atoms with E-state index in [1.807, 2.05) is 26.8 Å². The van der Waals surface area contributed by atoms with Crippen LogP contribution in [0.1, 0.15) is 78.0 Å². The molecule has 7 nitrogen and oxygen atoms in total. The summed E-state index contributed by atoms with van der Waals surface area (Å²) >= 11 is 0. The molecule has 2 N–H and O–H groups in total. The number of hydrogen-bond donors (Lipinski definition) is 2. The molecule has 0 saturated carbocycles. The quantitative estimate of drug-likeness (QED) is 0.0952. The van der Waals surface area contributed by atoms with Gasteiger partial charge in [-0.05, 0) is 68.2 Å². The molecule has 0 aromatic heterocycles. The Labute approximate surface area is 264 Å². The second-order valence-electron chi connectivity index (χ2n) is 11.0. The maximum absolute atomic E-state index is 14.1. The highest BCUT2D eigenvalue weighted by Crippen LogP contribution is 2.34. The van der Waals surface area contributed by atoms with Gasteiger partial charge in [-0.15, -0.1) is 0 Å². The van der Waals surface area contributed by atoms with Gasteiger partial charge in [0.25, 0.3) is 5.91 Å². The van der Waals surface area contributed by atoms with Gasteiger partial charge in [-0.1, -0.05) is 58.7 Å². The lowest BCUT2D eigenvalue weighted by Crippen LogP contribution is -2.38. The number of rotatable bonds is 9. The van der Waals surface area contributed by atoms with E-state index in [2.05, 4.69) is 29.1 Å². The van der Waals surface area contributed by atoms with Crippen LogP contribution in [0, 0.1) is 11.7 Å². The standard InChI is InChI=1S/C30H35F4N5O2.C4H10/c1-6-26(37-28(19(3)4)39(41)17-20(5)16-35-7-2)29(40)38-14-13-23-21(18-38)9-8-10-27(23)36-22-11-12-24(25(31)15-22)30(32,33)34;1-3-4-2/h6-12,15-16,19,36,41H,13-14,17-18H2,1-5H3;3-4H2,1-2H3/b20-16+,26-6-,35-7?,37-28?;. The number of allylic oxidation sites excluding steroid dienone is 1. The second kappa shape index (κ2) is 17.5. The third kappa shape index (κ3) is 10.8. The summed E-state index contributed by atoms with van der Waals surface area (Å²) < 4.78 is 52.9. The maximum Gasteiger partial charge on any atom is 0.419 e. The van der Waals surface area contributed by atoms with Crippen molar-refractivity contribution in [3.63, 3.8) is 0 Å². The molecule has 246 valence electrons. The van der Waals surface area contributed by atoms with Crippen molar-refractivity contribution in [3.8, 4) is 0 Å². The maximum atomic E-state index is 14.1. The van der Waals surface area contributed by atoms with Gasteiger partial charge in [0.05, 0.1) is 12.1 Å². The summed E-state index contributed by atoms with van der Waals surface area (Å²) in [5.41, 5.74) is 2.25. The number of nitrogens with zero attached hydrogens (tertiary/aromatic N) is 4. The van der Waals surface area contributed by atoms with Gasteiger partial charge >= 0.3 is 6.18 Å². The molecule has 45 heavy (non-hydrogen) atoms. The van der Waals surface area contributed by atoms with Gasteiger partial charge in [0.2, 0.25) is 0 Å². The van der Waals surface area contributed by atoms with Crippen LogP contribution in [-0.4, -0.2) is 46.2 Å². The highest BCUT2D eigenvalue weighted by molar-refractivity contribution is 5.97. The Morgan fingerprint density at radius 1 is 1.16 bits per heavy atom. The zero-order valence-electron chi connectivity index (χ0n) is 27.2. The van der Waals surface area contributed by atoms with E-state index in [1.54, 1.807) is 49.4 Å². The molecule has 3 rings (SSSR count). The number of hydroxylamine groups is 2. The summed E-state index contributed by atoms with van der Waals surface area (Å²) in [5, 5.41) is 14.7. The minimum absolute atomic E-state index is 0.170. The molecule has 0 fully saturated rings. The Hall–Kier alpha value is -3.99. The summed E-state index contributed by atoms with van der Waals surface area (Å²) in [6.07, 6.45) is 3.23. The number of alkyl halides is 3. The number of aliphatic imine (C=N–C) groups is 2. The monoisotopic (exact) mass is 631 g/mol. The number of halogens is 4. The van der Waals surface area contributed by atoms with Crippen LogP contribution in [0.5, 0.6) is 0 Å². The number of amidine groups is 1. The summed E-state index contributed by atoms with van der Waals surface area (Å²) in [6.45, 7) is 14.3. The molecule has 0 saturated heterocycles. The third-order valence-electron chi connectivity index (χ3n) is 6.96. The van der Waals surface area contributed by atoms with Crippen molar-refractivity contribution in [2.24, 2.45) is 15.9 Å². The van der Waals surface area contributed by atoms with Gasteiger partial charge in [-0.3, -0.25) is 15.0 Å². The molecular formula is C34H45F4N5O2. The number of fused-ring (bicyclic) bond motifs is 1. The van der Waals surface area contributed by atoms with E-state index in [9.17, 15) is 27.6 Å². The molecule has 11 heteroatoms. The first-order chi connectivity index (χ1) is 21.3. The fraction of sp³-hybridized carbons (Fsp3) is 0.441. The molecule has 2 aromatic rings. The minimum Gasteiger partial charge on any atom is -0.355 e. The number of unbranched alkanes of at least 4 members (excludes halogenated alkanes) is 1. The van der Waals surface area contributed by atoms with Crippen molar-refractivity contribution in [1.29, 1.82) is 0 Å². The van der Waals surface area contributed by atoms with Gasteiger partial charge < -0.3 is 10.2 Å². The lowest BCUT2D eigenvalue weighted by atomic mass is 9.97. The first-order valence-corrected chi connectivity index (χ1v) is 15.2. The number of amides is 1. The number of benzene rings is 2. The van der Waals surface area contributed by atoms with Crippen molar-refractivity contribution in [1.82, 2.24) is 9.96 Å². The fourth-order valence-corrected chi connectivity index (χ4v) is 4.44. The summed E-state index contributed by atoms with van der Waals surface area (Å²) in [6, 6.07) is 8.12. The zero-order chi connectivity index (χ0) is 33.7. The van der Waals surface area contributed by atoms with Crippen LogP contribution in [0.4, 0.5) is 28.9 Å². The Bertz CT molecular complexity index is 1410. The smallest absolute Gasteiger partial charge is 0.355 e. The number of carbonyl (C=O) groups is 1. The van der Waals surface area contributed by atoms with Crippen molar-refractivity contribution < 1.29 is 27.6 Å². The fourth-order valence-electron chi connectivity index (χ4n) is 4.44. The van der Waals surface area contributed by atoms with E-state index in [1.165, 1.54) is 18.9 Å². The molecule has 0 unspecified atom stereocenters. The first kappa shape index (κ1) is 37.2. The number of nitrogens with one attached hydrogen (secondary N) is 1. The van der Waals surface area contributed by atoms with Gasteiger partial charge in [0.1, 0.15) is 17.3 Å². The third-order valence-corrected chi connectivity index (χ3v) is 6.96. The number of anilines is 2. The Kier molecular flexibility index (Phi) is 14.5. The Balaban J connectivity index is 0.00000166. The second-order valence-corrected chi connectivity index (χ2v) is 11.0. The zero-order valence-corrected chi connectivity index (χ0v) is 27.2. The number of hydrogen-bond acceptors (Lipinski definition) is 5. The topological polar surface area (TPSA) is 80.5 Å². The van der Waals surface area contributed by atoms with Crippen LogP contribution in [0.2, 0.25) is 0 Å². The van der Waals surface area contributed by atoms with Crippen LogP contribution in [0.3, 0.4) is 0 Å². The molecule has 1 aliphatic rings.